The van der Waals surface area contributed by atoms with Crippen molar-refractivity contribution in [1.29, 1.82) is 0 Å². The van der Waals surface area contributed by atoms with Crippen LogP contribution in [-0.4, -0.2) is 148 Å². The van der Waals surface area contributed by atoms with Gasteiger partial charge in [0.1, 0.15) is 9.84 Å². The molecule has 0 radical (unpaired) electrons. The summed E-state index contributed by atoms with van der Waals surface area (Å²) in [5.41, 5.74) is 0. The Hall–Kier alpha value is 0.631. The second-order valence-corrected chi connectivity index (χ2v) is 25.8. The quantitative estimate of drug-likeness (QED) is 0.213. The molecule has 0 amide bonds. The van der Waals surface area contributed by atoms with Crippen molar-refractivity contribution in [2.75, 3.05) is 110 Å². The van der Waals surface area contributed by atoms with Crippen molar-refractivity contribution >= 4 is 46.9 Å². The summed E-state index contributed by atoms with van der Waals surface area (Å²) in [4.78, 5) is 8.44. The van der Waals surface area contributed by atoms with E-state index in [1.54, 1.807) is 40.2 Å². The van der Waals surface area contributed by atoms with Gasteiger partial charge in [0.15, 0.2) is 16.7 Å². The van der Waals surface area contributed by atoms with E-state index in [2.05, 4.69) is 53.1 Å². The molecule has 0 spiro atoms. The average Bonchev–Trinajstić information content (AvgIpc) is 2.80. The van der Waals surface area contributed by atoms with Gasteiger partial charge in [-0.3, -0.25) is 0 Å². The lowest BCUT2D eigenvalue weighted by atomic mass is 10.6. The SMILES string of the molecule is C.C.C.C.C.C.C.C.C.C.C.CCC[Si](C)(C)OC.CN(C)C.CNC.CN[Si](C)(C)NC.COC.CO[Si](C)(C)OC.CS(C)(=O)=O.CSC. The Morgan fingerprint density at radius 1 is 0.588 bits per heavy atom. The monoisotopic (exact) mass is 853 g/mol. The molecule has 0 aromatic rings. The van der Waals surface area contributed by atoms with E-state index < -0.39 is 35.1 Å². The van der Waals surface area contributed by atoms with Crippen LogP contribution in [0.4, 0.5) is 0 Å². The maximum absolute atomic E-state index is 9.63. The molecule has 0 aromatic heterocycles. The molecule has 0 bridgehead atoms. The van der Waals surface area contributed by atoms with E-state index in [4.69, 9.17) is 13.3 Å². The number of thioether (sulfide) groups is 1. The Kier molecular flexibility index (Phi) is 215. The maximum atomic E-state index is 9.63. The van der Waals surface area contributed by atoms with Gasteiger partial charge in [0.25, 0.3) is 0 Å². The molecule has 0 aromatic carbocycles. The van der Waals surface area contributed by atoms with E-state index >= 15 is 0 Å². The summed E-state index contributed by atoms with van der Waals surface area (Å²) in [6.07, 6.45) is 7.66. The molecule has 0 aliphatic rings. The number of sulfone groups is 1. The topological polar surface area (TPSA) is 110 Å². The summed E-state index contributed by atoms with van der Waals surface area (Å²) in [6, 6.07) is 1.28. The fourth-order valence-corrected chi connectivity index (χ4v) is 2.74. The Labute approximate surface area is 342 Å². The zero-order valence-electron chi connectivity index (χ0n) is 31.1. The van der Waals surface area contributed by atoms with E-state index in [0.717, 1.165) is 12.5 Å². The third kappa shape index (κ3) is 311. The summed E-state index contributed by atoms with van der Waals surface area (Å²) < 4.78 is 38.8. The first-order chi connectivity index (χ1) is 17.8. The molecule has 0 aliphatic heterocycles. The van der Waals surface area contributed by atoms with Gasteiger partial charge >= 0.3 is 8.56 Å². The van der Waals surface area contributed by atoms with E-state index in [9.17, 15) is 8.42 Å². The summed E-state index contributed by atoms with van der Waals surface area (Å²) in [5.74, 6) is 0. The molecular weight excluding hydrogens is 733 g/mol. The van der Waals surface area contributed by atoms with Gasteiger partial charge in [-0.2, -0.15) is 11.8 Å². The molecule has 344 valence electrons. The molecule has 15 heteroatoms. The second-order valence-electron chi connectivity index (χ2n) is 10.4. The van der Waals surface area contributed by atoms with Crippen LogP contribution in [0.2, 0.25) is 45.3 Å². The third-order valence-electron chi connectivity index (χ3n) is 3.64. The van der Waals surface area contributed by atoms with Crippen LogP contribution < -0.4 is 15.3 Å². The van der Waals surface area contributed by atoms with Crippen LogP contribution in [0, 0.1) is 0 Å². The van der Waals surface area contributed by atoms with Gasteiger partial charge in [-0.15, -0.1) is 0 Å². The van der Waals surface area contributed by atoms with E-state index in [0.29, 0.717) is 0 Å². The summed E-state index contributed by atoms with van der Waals surface area (Å²) >= 11 is 1.75. The highest BCUT2D eigenvalue weighted by Crippen LogP contribution is 2.10. The van der Waals surface area contributed by atoms with Gasteiger partial charge in [-0.1, -0.05) is 95.0 Å². The van der Waals surface area contributed by atoms with Crippen LogP contribution in [-0.2, 0) is 27.9 Å². The first-order valence-corrected chi connectivity index (χ1v) is 25.9. The predicted molar refractivity (Wildman–Crippen MR) is 268 cm³/mol. The van der Waals surface area contributed by atoms with Gasteiger partial charge in [0, 0.05) is 48.1 Å². The largest absolute Gasteiger partial charge is 0.420 e. The molecule has 0 atom stereocenters. The number of hydrogen-bond acceptors (Lipinski definition) is 11. The number of ether oxygens (including phenoxy) is 1. The average molecular weight is 854 g/mol. The molecule has 0 unspecified atom stereocenters. The smallest absolute Gasteiger partial charge is 0.331 e. The van der Waals surface area contributed by atoms with Gasteiger partial charge in [-0.05, 0) is 107 Å². The molecule has 0 fully saturated rings. The number of methoxy groups -OCH3 is 1. The van der Waals surface area contributed by atoms with Crippen molar-refractivity contribution in [3.63, 3.8) is 0 Å². The summed E-state index contributed by atoms with van der Waals surface area (Å²) in [5, 5.41) is 2.75. The molecule has 3 N–H and O–H groups in total. The van der Waals surface area contributed by atoms with E-state index in [-0.39, 0.29) is 81.7 Å². The molecule has 0 aliphatic carbocycles. The number of rotatable bonds is 7. The highest BCUT2D eigenvalue weighted by molar-refractivity contribution is 7.97. The third-order valence-corrected chi connectivity index (χ3v) is 10.9. The lowest BCUT2D eigenvalue weighted by Crippen LogP contribution is -2.54. The van der Waals surface area contributed by atoms with Crippen molar-refractivity contribution in [3.05, 3.63) is 0 Å². The normalized spacial score (nSPS) is 8.08. The fourth-order valence-electron chi connectivity index (χ4n) is 0.912. The number of hydrogen-bond donors (Lipinski definition) is 3. The van der Waals surface area contributed by atoms with Crippen molar-refractivity contribution in [2.24, 2.45) is 0 Å². The van der Waals surface area contributed by atoms with Crippen LogP contribution in [0.25, 0.3) is 0 Å². The number of nitrogens with one attached hydrogen (secondary N) is 3. The summed E-state index contributed by atoms with van der Waals surface area (Å²) in [6.45, 7) is 15.1. The van der Waals surface area contributed by atoms with Crippen LogP contribution in [0.5, 0.6) is 0 Å². The fraction of sp³-hybridized carbons (Fsp3) is 1.00. The van der Waals surface area contributed by atoms with E-state index in [1.807, 2.05) is 86.9 Å². The molecule has 10 nitrogen and oxygen atoms in total. The summed E-state index contributed by atoms with van der Waals surface area (Å²) in [7, 11) is 15.5. The Bertz CT molecular complexity index is 498. The van der Waals surface area contributed by atoms with Crippen molar-refractivity contribution < 1.29 is 26.4 Å². The van der Waals surface area contributed by atoms with Crippen molar-refractivity contribution in [2.45, 2.75) is 140 Å². The van der Waals surface area contributed by atoms with Gasteiger partial charge in [0.2, 0.25) is 0 Å². The molecule has 0 saturated heterocycles. The molecule has 0 heterocycles. The highest BCUT2D eigenvalue weighted by atomic mass is 32.2. The van der Waals surface area contributed by atoms with Gasteiger partial charge in [0.05, 0.1) is 0 Å². The standard InChI is InChI=1S/C6H16OSi.C4H14N2Si.C4H12O2Si.C3H9N.C2H7N.C2H6O2S.C2H6O.C2H6S.11CH4/c1-5-6-8(3,4)7-2;2*1-5-7(3,4)6-2;1-4(2)3;1-3-2;1-5(2,3)4;2*1-3-2;;;;;;;;;;;/h5-6H2,1-4H3;5-6H,1-4H3;1-4H3;1-3H3;3H,1-2H3;1-2H3;2*1-2H3;11*1H4. The Morgan fingerprint density at radius 2 is 0.745 bits per heavy atom. The number of nitrogens with zero attached hydrogens (tertiary/aromatic N) is 1. The van der Waals surface area contributed by atoms with Crippen LogP contribution in [0.15, 0.2) is 0 Å². The van der Waals surface area contributed by atoms with Crippen molar-refractivity contribution in [3.8, 4) is 0 Å². The molecular formula is C36H120N4O6S2Si3. The molecule has 0 rings (SSSR count). The molecule has 51 heavy (non-hydrogen) atoms. The first kappa shape index (κ1) is 124. The maximum Gasteiger partial charge on any atom is 0.331 e. The zero-order valence-corrected chi connectivity index (χ0v) is 35.8. The minimum Gasteiger partial charge on any atom is -0.420 e. The second kappa shape index (κ2) is 88.1. The predicted octanol–water partition coefficient (Wildman–Crippen LogP) is 11.3. The van der Waals surface area contributed by atoms with E-state index in [1.165, 1.54) is 12.5 Å². The minimum absolute atomic E-state index is 0. The van der Waals surface area contributed by atoms with Crippen molar-refractivity contribution in [1.82, 2.24) is 20.2 Å². The van der Waals surface area contributed by atoms with Crippen LogP contribution >= 0.6 is 11.8 Å². The lowest BCUT2D eigenvalue weighted by Gasteiger charge is -2.18. The van der Waals surface area contributed by atoms with Crippen LogP contribution in [0.3, 0.4) is 0 Å². The van der Waals surface area contributed by atoms with Gasteiger partial charge in [-0.25, -0.2) is 8.42 Å². The van der Waals surface area contributed by atoms with Gasteiger partial charge < -0.3 is 38.2 Å². The highest BCUT2D eigenvalue weighted by Gasteiger charge is 2.19. The Balaban J connectivity index is -0.0000000134. The zero-order chi connectivity index (χ0) is 34.6. The lowest BCUT2D eigenvalue weighted by molar-refractivity contribution is 0.258. The van der Waals surface area contributed by atoms with Crippen LogP contribution in [0.1, 0.15) is 95.0 Å². The molecule has 0 saturated carbocycles. The Morgan fingerprint density at radius 3 is 0.765 bits per heavy atom. The first-order valence-electron chi connectivity index (χ1n) is 13.0. The minimum atomic E-state index is -2.67.